The van der Waals surface area contributed by atoms with Crippen molar-refractivity contribution in [1.82, 2.24) is 10.2 Å². The van der Waals surface area contributed by atoms with Gasteiger partial charge in [0.1, 0.15) is 5.75 Å². The highest BCUT2D eigenvalue weighted by Gasteiger charge is 2.14. The summed E-state index contributed by atoms with van der Waals surface area (Å²) in [7, 11) is 1.52. The van der Waals surface area contributed by atoms with Crippen LogP contribution in [0.4, 0.5) is 5.69 Å². The van der Waals surface area contributed by atoms with Gasteiger partial charge in [0.15, 0.2) is 0 Å². The number of benzene rings is 2. The molecule has 0 aliphatic carbocycles. The average molecular weight is 445 g/mol. The normalized spacial score (nSPS) is 10.7. The second-order valence-corrected chi connectivity index (χ2v) is 7.36. The van der Waals surface area contributed by atoms with E-state index in [0.717, 1.165) is 11.8 Å². The van der Waals surface area contributed by atoms with Crippen molar-refractivity contribution >= 4 is 58.2 Å². The molecular weight excluding hydrogens is 433 g/mol. The Labute approximate surface area is 174 Å². The molecule has 0 unspecified atom stereocenters. The third-order valence-electron chi connectivity index (χ3n) is 3.33. The number of amides is 1. The van der Waals surface area contributed by atoms with Gasteiger partial charge in [-0.25, -0.2) is 0 Å². The average Bonchev–Trinajstić information content (AvgIpc) is 3.09. The van der Waals surface area contributed by atoms with Gasteiger partial charge >= 0.3 is 0 Å². The van der Waals surface area contributed by atoms with E-state index in [2.05, 4.69) is 15.5 Å². The summed E-state index contributed by atoms with van der Waals surface area (Å²) in [5, 5.41) is 12.1. The molecule has 0 atom stereocenters. The Hall–Kier alpha value is -1.93. The summed E-state index contributed by atoms with van der Waals surface area (Å²) in [5.41, 5.74) is 1.13. The van der Waals surface area contributed by atoms with Crippen LogP contribution in [-0.2, 0) is 4.79 Å². The third-order valence-corrected chi connectivity index (χ3v) is 4.99. The Balaban J connectivity index is 1.59. The van der Waals surface area contributed by atoms with E-state index in [4.69, 9.17) is 44.0 Å². The number of thioether (sulfide) groups is 1. The van der Waals surface area contributed by atoms with Gasteiger partial charge in [0.2, 0.25) is 11.8 Å². The summed E-state index contributed by atoms with van der Waals surface area (Å²) < 4.78 is 10.6. The number of anilines is 1. The number of aromatic nitrogens is 2. The number of ether oxygens (including phenoxy) is 1. The summed E-state index contributed by atoms with van der Waals surface area (Å²) >= 11 is 19.1. The molecule has 1 heterocycles. The fraction of sp³-hybridized carbons (Fsp3) is 0.118. The van der Waals surface area contributed by atoms with Crippen LogP contribution in [-0.4, -0.2) is 29.0 Å². The van der Waals surface area contributed by atoms with E-state index in [0.29, 0.717) is 32.1 Å². The fourth-order valence-corrected chi connectivity index (χ4v) is 3.42. The molecule has 10 heteroatoms. The quantitative estimate of drug-likeness (QED) is 0.510. The molecule has 0 aliphatic heterocycles. The van der Waals surface area contributed by atoms with Crippen molar-refractivity contribution in [2.24, 2.45) is 0 Å². The Kier molecular flexibility index (Phi) is 6.49. The van der Waals surface area contributed by atoms with Gasteiger partial charge in [-0.1, -0.05) is 46.6 Å². The van der Waals surface area contributed by atoms with Crippen molar-refractivity contribution < 1.29 is 13.9 Å². The fourth-order valence-electron chi connectivity index (χ4n) is 2.11. The highest BCUT2D eigenvalue weighted by atomic mass is 35.5. The topological polar surface area (TPSA) is 77.2 Å². The van der Waals surface area contributed by atoms with Crippen LogP contribution in [0, 0.1) is 0 Å². The van der Waals surface area contributed by atoms with Crippen molar-refractivity contribution in [2.75, 3.05) is 18.2 Å². The molecule has 2 aromatic carbocycles. The first-order valence-corrected chi connectivity index (χ1v) is 9.63. The maximum Gasteiger partial charge on any atom is 0.277 e. The van der Waals surface area contributed by atoms with Gasteiger partial charge in [-0.05, 0) is 36.4 Å². The molecule has 140 valence electrons. The van der Waals surface area contributed by atoms with Gasteiger partial charge < -0.3 is 14.5 Å². The van der Waals surface area contributed by atoms with Crippen LogP contribution < -0.4 is 10.1 Å². The molecule has 0 saturated heterocycles. The molecule has 6 nitrogen and oxygen atoms in total. The molecule has 0 fully saturated rings. The second-order valence-electron chi connectivity index (χ2n) is 5.18. The number of nitrogens with zero attached hydrogens (tertiary/aromatic N) is 2. The van der Waals surface area contributed by atoms with Crippen LogP contribution in [0.1, 0.15) is 0 Å². The Morgan fingerprint density at radius 1 is 1.15 bits per heavy atom. The number of rotatable bonds is 6. The van der Waals surface area contributed by atoms with E-state index in [1.165, 1.54) is 7.11 Å². The number of carbonyl (C=O) groups is 1. The first kappa shape index (κ1) is 19.8. The lowest BCUT2D eigenvalue weighted by molar-refractivity contribution is -0.113. The Bertz CT molecular complexity index is 981. The first-order chi connectivity index (χ1) is 13.0. The van der Waals surface area contributed by atoms with Gasteiger partial charge in [0.05, 0.1) is 28.5 Å². The summed E-state index contributed by atoms with van der Waals surface area (Å²) in [5.74, 6) is 0.620. The molecule has 3 aromatic rings. The van der Waals surface area contributed by atoms with Crippen molar-refractivity contribution in [3.63, 3.8) is 0 Å². The monoisotopic (exact) mass is 443 g/mol. The van der Waals surface area contributed by atoms with E-state index < -0.39 is 0 Å². The van der Waals surface area contributed by atoms with Crippen molar-refractivity contribution in [3.05, 3.63) is 51.5 Å². The van der Waals surface area contributed by atoms with Crippen LogP contribution in [0.5, 0.6) is 5.75 Å². The van der Waals surface area contributed by atoms with Gasteiger partial charge in [0, 0.05) is 10.7 Å². The van der Waals surface area contributed by atoms with Gasteiger partial charge in [-0.15, -0.1) is 10.2 Å². The molecule has 1 aromatic heterocycles. The summed E-state index contributed by atoms with van der Waals surface area (Å²) in [6.45, 7) is 0. The van der Waals surface area contributed by atoms with Gasteiger partial charge in [-0.3, -0.25) is 4.79 Å². The molecule has 0 bridgehead atoms. The van der Waals surface area contributed by atoms with E-state index >= 15 is 0 Å². The maximum atomic E-state index is 12.1. The zero-order chi connectivity index (χ0) is 19.4. The van der Waals surface area contributed by atoms with Crippen LogP contribution in [0.25, 0.3) is 11.5 Å². The Morgan fingerprint density at radius 3 is 2.67 bits per heavy atom. The molecule has 0 saturated carbocycles. The number of methoxy groups -OCH3 is 1. The van der Waals surface area contributed by atoms with Crippen molar-refractivity contribution in [2.45, 2.75) is 5.22 Å². The van der Waals surface area contributed by atoms with Crippen LogP contribution in [0.3, 0.4) is 0 Å². The molecule has 3 rings (SSSR count). The van der Waals surface area contributed by atoms with E-state index in [9.17, 15) is 4.79 Å². The number of halogens is 3. The largest absolute Gasteiger partial charge is 0.495 e. The third kappa shape index (κ3) is 5.07. The number of nitrogens with one attached hydrogen (secondary N) is 1. The lowest BCUT2D eigenvalue weighted by Gasteiger charge is -2.07. The van der Waals surface area contributed by atoms with Crippen LogP contribution >= 0.6 is 46.6 Å². The zero-order valence-electron chi connectivity index (χ0n) is 13.8. The van der Waals surface area contributed by atoms with Crippen LogP contribution in [0.2, 0.25) is 15.1 Å². The predicted molar refractivity (Wildman–Crippen MR) is 107 cm³/mol. The number of hydrogen-bond donors (Lipinski definition) is 1. The summed E-state index contributed by atoms with van der Waals surface area (Å²) in [6, 6.07) is 9.92. The smallest absolute Gasteiger partial charge is 0.277 e. The Morgan fingerprint density at radius 2 is 1.96 bits per heavy atom. The summed E-state index contributed by atoms with van der Waals surface area (Å²) in [4.78, 5) is 12.1. The van der Waals surface area contributed by atoms with Crippen molar-refractivity contribution in [1.29, 1.82) is 0 Å². The SMILES string of the molecule is COc1ccc(NC(=O)CSc2nnc(-c3ccc(Cl)cc3Cl)o2)cc1Cl. The maximum absolute atomic E-state index is 12.1. The van der Waals surface area contributed by atoms with Crippen molar-refractivity contribution in [3.8, 4) is 17.2 Å². The molecule has 0 spiro atoms. The number of hydrogen-bond acceptors (Lipinski definition) is 6. The highest BCUT2D eigenvalue weighted by Crippen LogP contribution is 2.31. The lowest BCUT2D eigenvalue weighted by Crippen LogP contribution is -2.14. The molecule has 0 radical (unpaired) electrons. The van der Waals surface area contributed by atoms with E-state index in [-0.39, 0.29) is 22.8 Å². The van der Waals surface area contributed by atoms with E-state index in [1.54, 1.807) is 36.4 Å². The van der Waals surface area contributed by atoms with Crippen LogP contribution in [0.15, 0.2) is 46.0 Å². The second kappa shape index (κ2) is 8.84. The molecule has 1 amide bonds. The highest BCUT2D eigenvalue weighted by molar-refractivity contribution is 7.99. The standard InChI is InChI=1S/C17H12Cl3N3O3S/c1-25-14-5-3-10(7-13(14)20)21-15(24)8-27-17-23-22-16(26-17)11-4-2-9(18)6-12(11)19/h2-7H,8H2,1H3,(H,21,24). The number of carbonyl (C=O) groups excluding carboxylic acids is 1. The van der Waals surface area contributed by atoms with E-state index in [1.807, 2.05) is 0 Å². The molecule has 0 aliphatic rings. The minimum Gasteiger partial charge on any atom is -0.495 e. The molecular formula is C17H12Cl3N3O3S. The zero-order valence-corrected chi connectivity index (χ0v) is 16.9. The lowest BCUT2D eigenvalue weighted by atomic mass is 10.2. The first-order valence-electron chi connectivity index (χ1n) is 7.51. The van der Waals surface area contributed by atoms with Gasteiger partial charge in [0.25, 0.3) is 5.22 Å². The molecule has 27 heavy (non-hydrogen) atoms. The predicted octanol–water partition coefficient (Wildman–Crippen LogP) is 5.44. The molecule has 1 N–H and O–H groups in total. The van der Waals surface area contributed by atoms with Gasteiger partial charge in [-0.2, -0.15) is 0 Å². The minimum atomic E-state index is -0.245. The minimum absolute atomic E-state index is 0.0830. The summed E-state index contributed by atoms with van der Waals surface area (Å²) in [6.07, 6.45) is 0.